The van der Waals surface area contributed by atoms with Crippen LogP contribution < -0.4 is 0 Å². The maximum absolute atomic E-state index is 14.0. The Labute approximate surface area is 119 Å². The normalized spacial score (nSPS) is 21.6. The van der Waals surface area contributed by atoms with Gasteiger partial charge in [0.15, 0.2) is 11.6 Å². The molecule has 3 nitrogen and oxygen atoms in total. The molecule has 0 N–H and O–H groups in total. The molecule has 2 rings (SSSR count). The van der Waals surface area contributed by atoms with E-state index in [9.17, 15) is 13.6 Å². The van der Waals surface area contributed by atoms with Gasteiger partial charge in [-0.1, -0.05) is 0 Å². The first-order valence-electron chi connectivity index (χ1n) is 5.98. The molecule has 104 valence electrons. The zero-order chi connectivity index (χ0) is 14.2. The Hall–Kier alpha value is -0.850. The third-order valence-electron chi connectivity index (χ3n) is 3.44. The first-order valence-corrected chi connectivity index (χ1v) is 6.77. The van der Waals surface area contributed by atoms with Crippen LogP contribution in [-0.2, 0) is 0 Å². The van der Waals surface area contributed by atoms with Gasteiger partial charge in [-0.2, -0.15) is 0 Å². The number of carbonyl (C=O) groups excluding carboxylic acids is 1. The number of nitrogens with zero attached hydrogens (tertiary/aromatic N) is 2. The fourth-order valence-corrected chi connectivity index (χ4v) is 2.54. The van der Waals surface area contributed by atoms with E-state index in [1.165, 1.54) is 6.07 Å². The molecule has 0 amide bonds. The van der Waals surface area contributed by atoms with Crippen molar-refractivity contribution < 1.29 is 13.6 Å². The summed E-state index contributed by atoms with van der Waals surface area (Å²) < 4.78 is 27.8. The van der Waals surface area contributed by atoms with Gasteiger partial charge in [-0.25, -0.2) is 8.78 Å². The highest BCUT2D eigenvalue weighted by molar-refractivity contribution is 9.10. The Morgan fingerprint density at radius 1 is 1.32 bits per heavy atom. The second-order valence-electron chi connectivity index (χ2n) is 4.84. The summed E-state index contributed by atoms with van der Waals surface area (Å²) in [5, 5.41) is 0. The lowest BCUT2D eigenvalue weighted by Gasteiger charge is -2.36. The van der Waals surface area contributed by atoms with Gasteiger partial charge in [-0.05, 0) is 42.2 Å². The van der Waals surface area contributed by atoms with Crippen LogP contribution in [-0.4, -0.2) is 55.4 Å². The van der Waals surface area contributed by atoms with Crippen molar-refractivity contribution in [2.45, 2.75) is 6.04 Å². The van der Waals surface area contributed by atoms with Crippen LogP contribution in [0.5, 0.6) is 0 Å². The number of carbonyl (C=O) groups is 1. The highest BCUT2D eigenvalue weighted by Crippen LogP contribution is 2.24. The van der Waals surface area contributed by atoms with Crippen molar-refractivity contribution in [1.82, 2.24) is 9.80 Å². The van der Waals surface area contributed by atoms with Gasteiger partial charge < -0.3 is 4.90 Å². The molecule has 1 saturated heterocycles. The van der Waals surface area contributed by atoms with Crippen molar-refractivity contribution in [3.63, 3.8) is 0 Å². The summed E-state index contributed by atoms with van der Waals surface area (Å²) >= 11 is 2.98. The molecule has 1 fully saturated rings. The minimum atomic E-state index is -0.827. The van der Waals surface area contributed by atoms with Crippen molar-refractivity contribution in [3.8, 4) is 0 Å². The molecule has 1 atom stereocenters. The van der Waals surface area contributed by atoms with Crippen LogP contribution >= 0.6 is 15.9 Å². The number of halogens is 3. The average molecular weight is 333 g/mol. The highest BCUT2D eigenvalue weighted by atomic mass is 79.9. The predicted molar refractivity (Wildman–Crippen MR) is 72.3 cm³/mol. The van der Waals surface area contributed by atoms with Crippen molar-refractivity contribution in [2.24, 2.45) is 0 Å². The smallest absolute Gasteiger partial charge is 0.187 e. The largest absolute Gasteiger partial charge is 0.303 e. The van der Waals surface area contributed by atoms with Crippen LogP contribution in [0.4, 0.5) is 8.78 Å². The van der Waals surface area contributed by atoms with Gasteiger partial charge in [0.25, 0.3) is 0 Å². The summed E-state index contributed by atoms with van der Waals surface area (Å²) in [6.45, 7) is 2.01. The molecule has 0 bridgehead atoms. The van der Waals surface area contributed by atoms with Crippen LogP contribution in [0.25, 0.3) is 0 Å². The monoisotopic (exact) mass is 332 g/mol. The van der Waals surface area contributed by atoms with Crippen LogP contribution in [0.15, 0.2) is 16.6 Å². The number of ketones is 1. The Morgan fingerprint density at radius 3 is 2.68 bits per heavy atom. The molecule has 0 radical (unpaired) electrons. The fourth-order valence-electron chi connectivity index (χ4n) is 2.21. The molecule has 0 saturated carbocycles. The first kappa shape index (κ1) is 14.6. The van der Waals surface area contributed by atoms with Gasteiger partial charge in [0, 0.05) is 19.6 Å². The lowest BCUT2D eigenvalue weighted by molar-refractivity contribution is 0.0678. The van der Waals surface area contributed by atoms with Gasteiger partial charge in [-0.3, -0.25) is 9.69 Å². The number of hydrogen-bond donors (Lipinski definition) is 0. The number of likely N-dealkylation sites (N-methyl/N-ethyl adjacent to an activating group) is 2. The van der Waals surface area contributed by atoms with Gasteiger partial charge in [0.1, 0.15) is 5.82 Å². The van der Waals surface area contributed by atoms with Crippen LogP contribution in [0, 0.1) is 11.6 Å². The predicted octanol–water partition coefficient (Wildman–Crippen LogP) is 2.16. The van der Waals surface area contributed by atoms with Crippen molar-refractivity contribution >= 4 is 21.7 Å². The minimum absolute atomic E-state index is 0.101. The van der Waals surface area contributed by atoms with Crippen LogP contribution in [0.3, 0.4) is 0 Å². The van der Waals surface area contributed by atoms with Crippen LogP contribution in [0.1, 0.15) is 10.4 Å². The second kappa shape index (κ2) is 5.64. The summed E-state index contributed by atoms with van der Waals surface area (Å²) in [6, 6.07) is 1.85. The summed E-state index contributed by atoms with van der Waals surface area (Å²) in [5.41, 5.74) is -0.457. The molecule has 1 aliphatic rings. The molecular weight excluding hydrogens is 318 g/mol. The molecular formula is C13H15BrF2N2O. The van der Waals surface area contributed by atoms with E-state index in [0.29, 0.717) is 13.1 Å². The first-order chi connectivity index (χ1) is 8.91. The molecule has 0 aromatic heterocycles. The molecule has 1 aromatic carbocycles. The Morgan fingerprint density at radius 2 is 2.00 bits per heavy atom. The van der Waals surface area contributed by atoms with Crippen molar-refractivity contribution in [1.29, 1.82) is 0 Å². The standard InChI is InChI=1S/C13H15BrF2N2O/c1-17-5-6-18(2)10(7-17)13(19)11-9(15)4-3-8(14)12(11)16/h3-4,10H,5-7H2,1-2H3. The van der Waals surface area contributed by atoms with E-state index in [4.69, 9.17) is 0 Å². The summed E-state index contributed by atoms with van der Waals surface area (Å²) in [4.78, 5) is 16.2. The zero-order valence-electron chi connectivity index (χ0n) is 10.8. The van der Waals surface area contributed by atoms with E-state index in [1.54, 1.807) is 7.05 Å². The Bertz CT molecular complexity index is 510. The van der Waals surface area contributed by atoms with Gasteiger partial charge in [0.2, 0.25) is 0 Å². The van der Waals surface area contributed by atoms with Crippen LogP contribution in [0.2, 0.25) is 0 Å². The number of Topliss-reactive ketones (excluding diaryl/α,β-unsaturated/α-hetero) is 1. The number of rotatable bonds is 2. The van der Waals surface area contributed by atoms with Crippen molar-refractivity contribution in [2.75, 3.05) is 33.7 Å². The van der Waals surface area contributed by atoms with Crippen molar-refractivity contribution in [3.05, 3.63) is 33.8 Å². The topological polar surface area (TPSA) is 23.6 Å². The molecule has 1 aliphatic heterocycles. The number of benzene rings is 1. The quantitative estimate of drug-likeness (QED) is 0.612. The van der Waals surface area contributed by atoms with E-state index in [0.717, 1.165) is 12.6 Å². The van der Waals surface area contributed by atoms with E-state index < -0.39 is 29.0 Å². The van der Waals surface area contributed by atoms with E-state index in [-0.39, 0.29) is 4.47 Å². The highest BCUT2D eigenvalue weighted by Gasteiger charge is 2.32. The van der Waals surface area contributed by atoms with E-state index >= 15 is 0 Å². The molecule has 1 unspecified atom stereocenters. The molecule has 6 heteroatoms. The SMILES string of the molecule is CN1CCN(C)C(C(=O)c2c(F)ccc(Br)c2F)C1. The average Bonchev–Trinajstić information content (AvgIpc) is 2.37. The van der Waals surface area contributed by atoms with E-state index in [1.807, 2.05) is 16.8 Å². The summed E-state index contributed by atoms with van der Waals surface area (Å²) in [6.07, 6.45) is 0. The maximum Gasteiger partial charge on any atom is 0.187 e. The third kappa shape index (κ3) is 2.85. The van der Waals surface area contributed by atoms with Gasteiger partial charge in [0.05, 0.1) is 16.1 Å². The zero-order valence-corrected chi connectivity index (χ0v) is 12.4. The number of hydrogen-bond acceptors (Lipinski definition) is 3. The molecule has 0 aliphatic carbocycles. The summed E-state index contributed by atoms with van der Waals surface area (Å²) in [5.74, 6) is -2.15. The molecule has 1 aromatic rings. The Kier molecular flexibility index (Phi) is 4.32. The lowest BCUT2D eigenvalue weighted by atomic mass is 10.00. The number of piperazine rings is 1. The fraction of sp³-hybridized carbons (Fsp3) is 0.462. The lowest BCUT2D eigenvalue weighted by Crippen LogP contribution is -2.53. The molecule has 1 heterocycles. The summed E-state index contributed by atoms with van der Waals surface area (Å²) in [7, 11) is 3.68. The van der Waals surface area contributed by atoms with E-state index in [2.05, 4.69) is 15.9 Å². The minimum Gasteiger partial charge on any atom is -0.303 e. The molecule has 19 heavy (non-hydrogen) atoms. The third-order valence-corrected chi connectivity index (χ3v) is 4.06. The maximum atomic E-state index is 14.0. The van der Waals surface area contributed by atoms with Gasteiger partial charge in [-0.15, -0.1) is 0 Å². The van der Waals surface area contributed by atoms with Gasteiger partial charge >= 0.3 is 0 Å². The Balaban J connectivity index is 2.36. The molecule has 0 spiro atoms. The second-order valence-corrected chi connectivity index (χ2v) is 5.70.